The fraction of sp³-hybridized carbons (Fsp3) is 0.300. The summed E-state index contributed by atoms with van der Waals surface area (Å²) in [5.41, 5.74) is -0.0875. The maximum absolute atomic E-state index is 11.8. The summed E-state index contributed by atoms with van der Waals surface area (Å²) < 4.78 is 0.409. The molecule has 0 heterocycles. The summed E-state index contributed by atoms with van der Waals surface area (Å²) in [5, 5.41) is 20.5. The molecule has 1 amide bonds. The van der Waals surface area contributed by atoms with Crippen LogP contribution in [0.5, 0.6) is 5.75 Å². The van der Waals surface area contributed by atoms with E-state index in [1.807, 2.05) is 0 Å². The van der Waals surface area contributed by atoms with Crippen molar-refractivity contribution in [2.45, 2.75) is 6.92 Å². The number of nitro groups is 1. The third-order valence-electron chi connectivity index (χ3n) is 2.29. The maximum atomic E-state index is 11.8. The number of carbonyl (C=O) groups is 1. The molecule has 1 aromatic carbocycles. The molecule has 0 saturated heterocycles. The van der Waals surface area contributed by atoms with Gasteiger partial charge in [-0.05, 0) is 12.5 Å². The van der Waals surface area contributed by atoms with Gasteiger partial charge in [-0.15, -0.1) is 0 Å². The Labute approximate surface area is 106 Å². The quantitative estimate of drug-likeness (QED) is 0.669. The van der Waals surface area contributed by atoms with Crippen molar-refractivity contribution in [2.75, 3.05) is 14.1 Å². The summed E-state index contributed by atoms with van der Waals surface area (Å²) in [5.74, 6) is -1.08. The van der Waals surface area contributed by atoms with E-state index in [2.05, 4.69) is 15.9 Å². The van der Waals surface area contributed by atoms with Crippen LogP contribution >= 0.6 is 15.9 Å². The Bertz CT molecular complexity index is 500. The van der Waals surface area contributed by atoms with E-state index in [1.54, 1.807) is 6.92 Å². The van der Waals surface area contributed by atoms with Crippen LogP contribution in [0.1, 0.15) is 15.9 Å². The Morgan fingerprint density at radius 2 is 2.06 bits per heavy atom. The molecular weight excluding hydrogens is 292 g/mol. The first kappa shape index (κ1) is 13.4. The van der Waals surface area contributed by atoms with Gasteiger partial charge in [0.05, 0.1) is 10.5 Å². The van der Waals surface area contributed by atoms with Gasteiger partial charge in [0.2, 0.25) is 5.75 Å². The molecule has 0 unspecified atom stereocenters. The highest BCUT2D eigenvalue weighted by atomic mass is 79.9. The molecule has 0 aliphatic carbocycles. The molecule has 0 aromatic heterocycles. The molecule has 1 aromatic rings. The van der Waals surface area contributed by atoms with Crippen molar-refractivity contribution in [3.63, 3.8) is 0 Å². The zero-order chi connectivity index (χ0) is 13.3. The molecule has 0 bridgehead atoms. The molecular formula is C10H11BrN2O4. The van der Waals surface area contributed by atoms with Gasteiger partial charge >= 0.3 is 5.69 Å². The number of hydrogen-bond donors (Lipinski definition) is 1. The van der Waals surface area contributed by atoms with Crippen LogP contribution in [-0.2, 0) is 0 Å². The first-order chi connectivity index (χ1) is 7.77. The third kappa shape index (κ3) is 2.38. The minimum absolute atomic E-state index is 0.0592. The smallest absolute Gasteiger partial charge is 0.312 e. The van der Waals surface area contributed by atoms with E-state index >= 15 is 0 Å². The predicted octanol–water partition coefficient (Wildman–Crippen LogP) is 2.07. The highest BCUT2D eigenvalue weighted by molar-refractivity contribution is 9.10. The van der Waals surface area contributed by atoms with Crippen LogP contribution in [0.3, 0.4) is 0 Å². The molecule has 7 heteroatoms. The van der Waals surface area contributed by atoms with Crippen molar-refractivity contribution >= 4 is 27.5 Å². The zero-order valence-electron chi connectivity index (χ0n) is 9.52. The Kier molecular flexibility index (Phi) is 3.72. The van der Waals surface area contributed by atoms with Crippen molar-refractivity contribution in [1.29, 1.82) is 0 Å². The van der Waals surface area contributed by atoms with Gasteiger partial charge in [-0.1, -0.05) is 15.9 Å². The number of carbonyl (C=O) groups excluding carboxylic acids is 1. The Morgan fingerprint density at radius 1 is 1.53 bits per heavy atom. The molecule has 0 radical (unpaired) electrons. The number of amides is 1. The third-order valence-corrected chi connectivity index (χ3v) is 3.12. The molecule has 0 saturated carbocycles. The van der Waals surface area contributed by atoms with Crippen LogP contribution in [0.15, 0.2) is 10.5 Å². The second kappa shape index (κ2) is 4.70. The van der Waals surface area contributed by atoms with Gasteiger partial charge in [-0.2, -0.15) is 0 Å². The number of halogens is 1. The fourth-order valence-electron chi connectivity index (χ4n) is 1.35. The minimum atomic E-state index is -0.730. The van der Waals surface area contributed by atoms with Gasteiger partial charge < -0.3 is 10.0 Å². The van der Waals surface area contributed by atoms with Crippen LogP contribution in [0, 0.1) is 17.0 Å². The molecule has 0 aliphatic heterocycles. The molecule has 1 N–H and O–H groups in total. The monoisotopic (exact) mass is 302 g/mol. The number of phenolic OH excluding ortho intramolecular Hbond substituents is 1. The molecule has 0 aliphatic rings. The number of phenols is 1. The van der Waals surface area contributed by atoms with Crippen molar-refractivity contribution in [3.05, 3.63) is 31.8 Å². The molecule has 0 spiro atoms. The van der Waals surface area contributed by atoms with Crippen LogP contribution in [-0.4, -0.2) is 34.9 Å². The number of nitro benzene ring substituents is 1. The summed E-state index contributed by atoms with van der Waals surface area (Å²) in [4.78, 5) is 23.1. The van der Waals surface area contributed by atoms with E-state index in [0.717, 1.165) is 0 Å². The average Bonchev–Trinajstić information content (AvgIpc) is 2.22. The summed E-state index contributed by atoms with van der Waals surface area (Å²) >= 11 is 3.13. The van der Waals surface area contributed by atoms with E-state index in [4.69, 9.17) is 0 Å². The number of aromatic hydroxyl groups is 1. The molecule has 6 nitrogen and oxygen atoms in total. The van der Waals surface area contributed by atoms with Crippen molar-refractivity contribution < 1.29 is 14.8 Å². The number of nitrogens with zero attached hydrogens (tertiary/aromatic N) is 2. The molecule has 17 heavy (non-hydrogen) atoms. The largest absolute Gasteiger partial charge is 0.502 e. The normalized spacial score (nSPS) is 10.1. The van der Waals surface area contributed by atoms with Crippen molar-refractivity contribution in [3.8, 4) is 5.75 Å². The first-order valence-corrected chi connectivity index (χ1v) is 5.44. The lowest BCUT2D eigenvalue weighted by Crippen LogP contribution is -2.23. The maximum Gasteiger partial charge on any atom is 0.312 e. The van der Waals surface area contributed by atoms with Gasteiger partial charge in [0, 0.05) is 24.6 Å². The van der Waals surface area contributed by atoms with E-state index in [1.165, 1.54) is 25.1 Å². The Morgan fingerprint density at radius 3 is 2.47 bits per heavy atom. The number of benzene rings is 1. The lowest BCUT2D eigenvalue weighted by atomic mass is 10.1. The Hall–Kier alpha value is -1.63. The lowest BCUT2D eigenvalue weighted by molar-refractivity contribution is -0.386. The zero-order valence-corrected chi connectivity index (χ0v) is 11.1. The molecule has 0 fully saturated rings. The van der Waals surface area contributed by atoms with E-state index < -0.39 is 22.3 Å². The van der Waals surface area contributed by atoms with E-state index in [9.17, 15) is 20.0 Å². The molecule has 0 atom stereocenters. The van der Waals surface area contributed by atoms with Crippen LogP contribution in [0.4, 0.5) is 5.69 Å². The summed E-state index contributed by atoms with van der Waals surface area (Å²) in [6.45, 7) is 1.60. The summed E-state index contributed by atoms with van der Waals surface area (Å²) in [7, 11) is 3.02. The van der Waals surface area contributed by atoms with Crippen LogP contribution < -0.4 is 0 Å². The van der Waals surface area contributed by atoms with Gasteiger partial charge in [0.25, 0.3) is 5.91 Å². The van der Waals surface area contributed by atoms with E-state index in [0.29, 0.717) is 10.0 Å². The highest BCUT2D eigenvalue weighted by Gasteiger charge is 2.26. The van der Waals surface area contributed by atoms with Gasteiger partial charge in [0.15, 0.2) is 0 Å². The molecule has 1 rings (SSSR count). The predicted molar refractivity (Wildman–Crippen MR) is 65.2 cm³/mol. The van der Waals surface area contributed by atoms with Gasteiger partial charge in [-0.3, -0.25) is 14.9 Å². The standard InChI is InChI=1S/C10H11BrN2O4/c1-5-6(11)4-7(13(16)17)9(14)8(5)10(15)12(2)3/h4,14H,1-3H3. The first-order valence-electron chi connectivity index (χ1n) is 4.65. The fourth-order valence-corrected chi connectivity index (χ4v) is 1.76. The number of hydrogen-bond acceptors (Lipinski definition) is 4. The topological polar surface area (TPSA) is 83.7 Å². The Balaban J connectivity index is 3.58. The van der Waals surface area contributed by atoms with Crippen LogP contribution in [0.2, 0.25) is 0 Å². The summed E-state index contributed by atoms with van der Waals surface area (Å²) in [6, 6.07) is 1.18. The highest BCUT2D eigenvalue weighted by Crippen LogP contribution is 2.37. The number of rotatable bonds is 2. The van der Waals surface area contributed by atoms with Gasteiger partial charge in [-0.25, -0.2) is 0 Å². The second-order valence-electron chi connectivity index (χ2n) is 3.68. The van der Waals surface area contributed by atoms with E-state index in [-0.39, 0.29) is 5.56 Å². The average molecular weight is 303 g/mol. The van der Waals surface area contributed by atoms with Crippen molar-refractivity contribution in [1.82, 2.24) is 4.90 Å². The molecule has 92 valence electrons. The van der Waals surface area contributed by atoms with Gasteiger partial charge in [0.1, 0.15) is 0 Å². The van der Waals surface area contributed by atoms with Crippen molar-refractivity contribution in [2.24, 2.45) is 0 Å². The summed E-state index contributed by atoms with van der Waals surface area (Å²) in [6.07, 6.45) is 0. The minimum Gasteiger partial charge on any atom is -0.502 e. The second-order valence-corrected chi connectivity index (χ2v) is 4.54. The lowest BCUT2D eigenvalue weighted by Gasteiger charge is -2.14. The van der Waals surface area contributed by atoms with Crippen LogP contribution in [0.25, 0.3) is 0 Å². The SMILES string of the molecule is Cc1c(Br)cc([N+](=O)[O-])c(O)c1C(=O)N(C)C.